The van der Waals surface area contributed by atoms with Crippen LogP contribution in [-0.4, -0.2) is 58.2 Å². The normalized spacial score (nSPS) is 15.3. The number of aromatic nitrogens is 3. The first-order valence-corrected chi connectivity index (χ1v) is 12.5. The molecule has 2 aromatic heterocycles. The Hall–Kier alpha value is -3.17. The first-order chi connectivity index (χ1) is 16.9. The van der Waals surface area contributed by atoms with Gasteiger partial charge in [0.1, 0.15) is 18.5 Å². The number of benzene rings is 1. The fourth-order valence-electron chi connectivity index (χ4n) is 4.47. The molecule has 0 bridgehead atoms. The topological polar surface area (TPSA) is 113 Å². The van der Waals surface area contributed by atoms with E-state index in [4.69, 9.17) is 9.72 Å². The van der Waals surface area contributed by atoms with E-state index < -0.39 is 6.10 Å². The monoisotopic (exact) mass is 480 g/mol. The van der Waals surface area contributed by atoms with Gasteiger partial charge in [-0.3, -0.25) is 0 Å². The number of pyridine rings is 1. The minimum Gasteiger partial charge on any atom is -0.491 e. The average Bonchev–Trinajstić information content (AvgIpc) is 3.28. The van der Waals surface area contributed by atoms with Gasteiger partial charge < -0.3 is 25.8 Å². The molecule has 0 radical (unpaired) electrons. The second kappa shape index (κ2) is 11.5. The molecule has 188 valence electrons. The predicted octanol–water partition coefficient (Wildman–Crippen LogP) is 4.09. The Kier molecular flexibility index (Phi) is 8.20. The lowest BCUT2D eigenvalue weighted by atomic mass is 9.96. The number of hydrogen-bond donors (Lipinski definition) is 4. The van der Waals surface area contributed by atoms with Crippen LogP contribution in [0, 0.1) is 0 Å². The van der Waals surface area contributed by atoms with Gasteiger partial charge in [0.15, 0.2) is 5.65 Å². The van der Waals surface area contributed by atoms with Crippen molar-refractivity contribution in [3.8, 4) is 17.0 Å². The molecule has 2 amide bonds. The van der Waals surface area contributed by atoms with Crippen molar-refractivity contribution in [1.82, 2.24) is 25.4 Å². The van der Waals surface area contributed by atoms with Crippen molar-refractivity contribution in [1.29, 1.82) is 0 Å². The smallest absolute Gasteiger partial charge is 0.319 e. The van der Waals surface area contributed by atoms with Crippen molar-refractivity contribution >= 4 is 22.8 Å². The van der Waals surface area contributed by atoms with Crippen molar-refractivity contribution in [2.45, 2.75) is 64.1 Å². The van der Waals surface area contributed by atoms with E-state index >= 15 is 0 Å². The van der Waals surface area contributed by atoms with Crippen LogP contribution >= 0.6 is 0 Å². The zero-order valence-corrected chi connectivity index (χ0v) is 20.8. The van der Waals surface area contributed by atoms with Gasteiger partial charge in [-0.2, -0.15) is 5.10 Å². The molecule has 1 unspecified atom stereocenters. The molecule has 0 aliphatic heterocycles. The first kappa shape index (κ1) is 24.9. The maximum atomic E-state index is 12.9. The van der Waals surface area contributed by atoms with Crippen molar-refractivity contribution in [2.24, 2.45) is 0 Å². The summed E-state index contributed by atoms with van der Waals surface area (Å²) >= 11 is 0. The third-order valence-electron chi connectivity index (χ3n) is 6.26. The van der Waals surface area contributed by atoms with Gasteiger partial charge in [0, 0.05) is 24.2 Å². The molecule has 9 heteroatoms. The number of nitrogens with one attached hydrogen (secondary N) is 3. The van der Waals surface area contributed by atoms with Gasteiger partial charge >= 0.3 is 6.03 Å². The minimum atomic E-state index is -0.600. The van der Waals surface area contributed by atoms with Crippen LogP contribution in [0.1, 0.15) is 52.0 Å². The van der Waals surface area contributed by atoms with Crippen LogP contribution < -0.4 is 20.7 Å². The number of nitrogens with zero attached hydrogens (tertiary/aromatic N) is 3. The Balaban J connectivity index is 1.62. The number of amides is 2. The van der Waals surface area contributed by atoms with E-state index in [1.807, 2.05) is 35.0 Å². The quantitative estimate of drug-likeness (QED) is 0.367. The molecule has 1 saturated carbocycles. The van der Waals surface area contributed by atoms with Crippen LogP contribution in [0.5, 0.6) is 5.75 Å². The maximum Gasteiger partial charge on any atom is 0.319 e. The zero-order valence-electron chi connectivity index (χ0n) is 20.8. The highest BCUT2D eigenvalue weighted by molar-refractivity contribution is 6.00. The Morgan fingerprint density at radius 2 is 2.03 bits per heavy atom. The molecule has 1 fully saturated rings. The van der Waals surface area contributed by atoms with Crippen LogP contribution in [0.25, 0.3) is 22.3 Å². The summed E-state index contributed by atoms with van der Waals surface area (Å²) in [4.78, 5) is 17.7. The number of carbonyl (C=O) groups is 1. The summed E-state index contributed by atoms with van der Waals surface area (Å²) in [5.74, 6) is 0.640. The van der Waals surface area contributed by atoms with E-state index in [9.17, 15) is 9.90 Å². The summed E-state index contributed by atoms with van der Waals surface area (Å²) in [6.07, 6.45) is 6.74. The highest BCUT2D eigenvalue weighted by Gasteiger charge is 2.19. The fraction of sp³-hybridized carbons (Fsp3) is 0.500. The van der Waals surface area contributed by atoms with E-state index in [1.165, 1.54) is 6.42 Å². The Morgan fingerprint density at radius 1 is 1.23 bits per heavy atom. The van der Waals surface area contributed by atoms with Gasteiger partial charge in [-0.1, -0.05) is 31.4 Å². The molecule has 9 nitrogen and oxygen atoms in total. The summed E-state index contributed by atoms with van der Waals surface area (Å²) in [6, 6.07) is 9.59. The highest BCUT2D eigenvalue weighted by atomic mass is 16.5. The van der Waals surface area contributed by atoms with Gasteiger partial charge in [-0.05, 0) is 51.9 Å². The number of anilines is 1. The van der Waals surface area contributed by atoms with E-state index in [0.717, 1.165) is 36.6 Å². The predicted molar refractivity (Wildman–Crippen MR) is 138 cm³/mol. The van der Waals surface area contributed by atoms with E-state index in [1.54, 1.807) is 13.2 Å². The standard InChI is InChI=1S/C26H36N6O3/c1-17(2)32-25-22(15-28-32)24(31-26(34)29-19-9-5-4-6-10-19)13-23(30-25)18-8-7-11-21(12-18)35-16-20(33)14-27-3/h7-8,11-13,15,17,19-20,27,33H,4-6,9-10,14,16H2,1-3H3,(H2,29,30,31,34). The highest BCUT2D eigenvalue weighted by Crippen LogP contribution is 2.31. The summed E-state index contributed by atoms with van der Waals surface area (Å²) in [7, 11) is 1.79. The number of rotatable bonds is 9. The molecule has 1 aliphatic carbocycles. The molecule has 1 atom stereocenters. The average molecular weight is 481 g/mol. The first-order valence-electron chi connectivity index (χ1n) is 12.5. The molecular weight excluding hydrogens is 444 g/mol. The van der Waals surface area contributed by atoms with Gasteiger partial charge in [-0.15, -0.1) is 0 Å². The number of fused-ring (bicyclic) bond motifs is 1. The molecular formula is C26H36N6O3. The molecule has 0 saturated heterocycles. The van der Waals surface area contributed by atoms with Crippen LogP contribution in [0.4, 0.5) is 10.5 Å². The largest absolute Gasteiger partial charge is 0.491 e. The number of likely N-dealkylation sites (N-methyl/N-ethyl adjacent to an activating group) is 1. The van der Waals surface area contributed by atoms with Gasteiger partial charge in [0.05, 0.1) is 23.0 Å². The Morgan fingerprint density at radius 3 is 2.77 bits per heavy atom. The summed E-state index contributed by atoms with van der Waals surface area (Å²) < 4.78 is 7.64. The molecule has 3 aromatic rings. The summed E-state index contributed by atoms with van der Waals surface area (Å²) in [5.41, 5.74) is 2.93. The third kappa shape index (κ3) is 6.29. The van der Waals surface area contributed by atoms with Gasteiger partial charge in [0.25, 0.3) is 0 Å². The minimum absolute atomic E-state index is 0.113. The fourth-order valence-corrected chi connectivity index (χ4v) is 4.47. The van der Waals surface area contributed by atoms with E-state index in [2.05, 4.69) is 34.9 Å². The van der Waals surface area contributed by atoms with Crippen molar-refractivity contribution in [3.05, 3.63) is 36.5 Å². The summed E-state index contributed by atoms with van der Waals surface area (Å²) in [5, 5.41) is 24.4. The number of carbonyl (C=O) groups excluding carboxylic acids is 1. The Bertz CT molecular complexity index is 1140. The second-order valence-electron chi connectivity index (χ2n) is 9.46. The maximum absolute atomic E-state index is 12.9. The Labute approximate surface area is 206 Å². The van der Waals surface area contributed by atoms with Crippen LogP contribution in [0.15, 0.2) is 36.5 Å². The van der Waals surface area contributed by atoms with Crippen molar-refractivity contribution in [3.63, 3.8) is 0 Å². The van der Waals surface area contributed by atoms with Crippen LogP contribution in [-0.2, 0) is 0 Å². The van der Waals surface area contributed by atoms with E-state index in [-0.39, 0.29) is 24.7 Å². The van der Waals surface area contributed by atoms with E-state index in [0.29, 0.717) is 29.3 Å². The molecule has 4 rings (SSSR count). The number of aliphatic hydroxyl groups is 1. The second-order valence-corrected chi connectivity index (χ2v) is 9.46. The van der Waals surface area contributed by atoms with Crippen LogP contribution in [0.3, 0.4) is 0 Å². The number of aliphatic hydroxyl groups excluding tert-OH is 1. The van der Waals surface area contributed by atoms with Gasteiger partial charge in [0.2, 0.25) is 0 Å². The zero-order chi connectivity index (χ0) is 24.8. The SMILES string of the molecule is CNCC(O)COc1cccc(-c2cc(NC(=O)NC3CCCCC3)c3cnn(C(C)C)c3n2)c1. The molecule has 35 heavy (non-hydrogen) atoms. The molecule has 1 aliphatic rings. The van der Waals surface area contributed by atoms with Crippen molar-refractivity contribution in [2.75, 3.05) is 25.5 Å². The molecule has 4 N–H and O–H groups in total. The summed E-state index contributed by atoms with van der Waals surface area (Å²) in [6.45, 7) is 4.74. The lowest BCUT2D eigenvalue weighted by molar-refractivity contribution is 0.108. The number of hydrogen-bond acceptors (Lipinski definition) is 6. The lowest BCUT2D eigenvalue weighted by Gasteiger charge is -2.23. The molecule has 2 heterocycles. The van der Waals surface area contributed by atoms with Crippen molar-refractivity contribution < 1.29 is 14.6 Å². The molecule has 1 aromatic carbocycles. The number of urea groups is 1. The number of ether oxygens (including phenoxy) is 1. The molecule has 0 spiro atoms. The lowest BCUT2D eigenvalue weighted by Crippen LogP contribution is -2.39. The van der Waals surface area contributed by atoms with Crippen LogP contribution in [0.2, 0.25) is 0 Å². The van der Waals surface area contributed by atoms with Gasteiger partial charge in [-0.25, -0.2) is 14.5 Å². The third-order valence-corrected chi connectivity index (χ3v) is 6.26.